The van der Waals surface area contributed by atoms with Crippen molar-refractivity contribution >= 4 is 0 Å². The fourth-order valence-corrected chi connectivity index (χ4v) is 0.980. The van der Waals surface area contributed by atoms with Gasteiger partial charge in [-0.15, -0.1) is 0 Å². The second kappa shape index (κ2) is 9.99. The van der Waals surface area contributed by atoms with Crippen molar-refractivity contribution in [3.63, 3.8) is 0 Å². The van der Waals surface area contributed by atoms with E-state index in [1.165, 1.54) is 13.8 Å². The Labute approximate surface area is 98.0 Å². The zero-order valence-electron chi connectivity index (χ0n) is 10.9. The van der Waals surface area contributed by atoms with E-state index < -0.39 is 5.79 Å². The van der Waals surface area contributed by atoms with Gasteiger partial charge in [-0.3, -0.25) is 0 Å². The molecule has 2 atom stereocenters. The van der Waals surface area contributed by atoms with E-state index in [0.29, 0.717) is 0 Å². The van der Waals surface area contributed by atoms with Crippen molar-refractivity contribution in [1.29, 1.82) is 0 Å². The molecule has 1 aliphatic rings. The van der Waals surface area contributed by atoms with E-state index in [0.717, 1.165) is 12.8 Å². The highest BCUT2D eigenvalue weighted by molar-refractivity contribution is 4.65. The molecule has 5 heteroatoms. The maximum absolute atomic E-state index is 8.60. The van der Waals surface area contributed by atoms with Crippen molar-refractivity contribution in [2.45, 2.75) is 58.7 Å². The molecule has 5 nitrogen and oxygen atoms in total. The largest absolute Gasteiger partial charge is 0.394 e. The molecule has 16 heavy (non-hydrogen) atoms. The standard InChI is InChI=1S/C6H12O3.C3H8O2.C2H6/c1-8-6-3-2-5(4-7)9-6;1-3(2,4)5;1-2/h5-7H,2-4H2,1H3;4-5H,1-2H3;1-2H3. The first-order valence-corrected chi connectivity index (χ1v) is 5.60. The molecule has 0 aromatic rings. The second-order valence-electron chi connectivity index (χ2n) is 3.68. The van der Waals surface area contributed by atoms with Crippen molar-refractivity contribution in [3.05, 3.63) is 0 Å². The first-order chi connectivity index (χ1) is 7.36. The number of methoxy groups -OCH3 is 1. The van der Waals surface area contributed by atoms with Crippen LogP contribution in [0.25, 0.3) is 0 Å². The van der Waals surface area contributed by atoms with E-state index in [-0.39, 0.29) is 19.0 Å². The lowest BCUT2D eigenvalue weighted by Crippen LogP contribution is -2.15. The maximum Gasteiger partial charge on any atom is 0.157 e. The van der Waals surface area contributed by atoms with Crippen LogP contribution in [-0.4, -0.2) is 47.2 Å². The summed E-state index contributed by atoms with van der Waals surface area (Å²) < 4.78 is 10.1. The molecular weight excluding hydrogens is 212 g/mol. The number of ether oxygens (including phenoxy) is 2. The first kappa shape index (κ1) is 18.2. The lowest BCUT2D eigenvalue weighted by Gasteiger charge is -2.08. The summed E-state index contributed by atoms with van der Waals surface area (Å²) in [5.74, 6) is -1.50. The number of rotatable bonds is 2. The highest BCUT2D eigenvalue weighted by atomic mass is 16.7. The number of hydrogen-bond donors (Lipinski definition) is 3. The van der Waals surface area contributed by atoms with Crippen molar-refractivity contribution in [3.8, 4) is 0 Å². The van der Waals surface area contributed by atoms with Gasteiger partial charge in [0.05, 0.1) is 12.7 Å². The fourth-order valence-electron chi connectivity index (χ4n) is 0.980. The third-order valence-corrected chi connectivity index (χ3v) is 1.54. The zero-order valence-corrected chi connectivity index (χ0v) is 10.9. The summed E-state index contributed by atoms with van der Waals surface area (Å²) >= 11 is 0. The predicted octanol–water partition coefficient (Wildman–Crippen LogP) is 0.863. The van der Waals surface area contributed by atoms with E-state index in [1.54, 1.807) is 7.11 Å². The summed E-state index contributed by atoms with van der Waals surface area (Å²) in [7, 11) is 1.62. The summed E-state index contributed by atoms with van der Waals surface area (Å²) in [5, 5.41) is 24.8. The van der Waals surface area contributed by atoms with E-state index in [9.17, 15) is 0 Å². The lowest BCUT2D eigenvalue weighted by atomic mass is 10.2. The molecule has 0 bridgehead atoms. The van der Waals surface area contributed by atoms with Crippen LogP contribution in [0.15, 0.2) is 0 Å². The van der Waals surface area contributed by atoms with Gasteiger partial charge in [0.2, 0.25) is 0 Å². The molecule has 100 valence electrons. The van der Waals surface area contributed by atoms with Crippen molar-refractivity contribution in [1.82, 2.24) is 0 Å². The highest BCUT2D eigenvalue weighted by Gasteiger charge is 2.23. The number of aliphatic hydroxyl groups is 3. The lowest BCUT2D eigenvalue weighted by molar-refractivity contribution is -0.127. The molecule has 0 spiro atoms. The van der Waals surface area contributed by atoms with Crippen LogP contribution in [0.2, 0.25) is 0 Å². The van der Waals surface area contributed by atoms with E-state index in [2.05, 4.69) is 0 Å². The van der Waals surface area contributed by atoms with Crippen LogP contribution in [0.1, 0.15) is 40.5 Å². The van der Waals surface area contributed by atoms with Gasteiger partial charge in [-0.2, -0.15) is 0 Å². The van der Waals surface area contributed by atoms with Crippen LogP contribution in [0, 0.1) is 0 Å². The van der Waals surface area contributed by atoms with Gasteiger partial charge in [-0.05, 0) is 20.3 Å². The molecule has 3 N–H and O–H groups in total. The molecule has 0 radical (unpaired) electrons. The Bertz CT molecular complexity index is 128. The molecule has 1 saturated heterocycles. The quantitative estimate of drug-likeness (QED) is 0.622. The molecule has 0 aliphatic carbocycles. The van der Waals surface area contributed by atoms with Crippen molar-refractivity contribution < 1.29 is 24.8 Å². The molecular formula is C11H26O5. The Balaban J connectivity index is 0. The van der Waals surface area contributed by atoms with Crippen LogP contribution < -0.4 is 0 Å². The van der Waals surface area contributed by atoms with E-state index in [4.69, 9.17) is 24.8 Å². The maximum atomic E-state index is 8.60. The van der Waals surface area contributed by atoms with Gasteiger partial charge in [0.15, 0.2) is 12.1 Å². The Kier molecular flexibility index (Phi) is 11.3. The Morgan fingerprint density at radius 3 is 1.88 bits per heavy atom. The van der Waals surface area contributed by atoms with Gasteiger partial charge in [0, 0.05) is 13.5 Å². The Morgan fingerprint density at radius 2 is 1.69 bits per heavy atom. The SMILES string of the molecule is CC.CC(C)(O)O.COC1CCC(CO)O1. The highest BCUT2D eigenvalue weighted by Crippen LogP contribution is 2.18. The van der Waals surface area contributed by atoms with Crippen LogP contribution in [-0.2, 0) is 9.47 Å². The topological polar surface area (TPSA) is 79.2 Å². The molecule has 0 amide bonds. The van der Waals surface area contributed by atoms with Gasteiger partial charge in [0.1, 0.15) is 0 Å². The van der Waals surface area contributed by atoms with E-state index >= 15 is 0 Å². The van der Waals surface area contributed by atoms with Crippen molar-refractivity contribution in [2.24, 2.45) is 0 Å². The van der Waals surface area contributed by atoms with Gasteiger partial charge in [0.25, 0.3) is 0 Å². The average Bonchev–Trinajstić information content (AvgIpc) is 2.66. The number of hydrogen-bond acceptors (Lipinski definition) is 5. The summed E-state index contributed by atoms with van der Waals surface area (Å²) in [6, 6.07) is 0. The van der Waals surface area contributed by atoms with Gasteiger partial charge >= 0.3 is 0 Å². The Morgan fingerprint density at radius 1 is 1.25 bits per heavy atom. The van der Waals surface area contributed by atoms with Crippen LogP contribution in [0.4, 0.5) is 0 Å². The minimum atomic E-state index is -1.50. The van der Waals surface area contributed by atoms with Gasteiger partial charge in [-0.25, -0.2) is 0 Å². The predicted molar refractivity (Wildman–Crippen MR) is 61.9 cm³/mol. The summed E-state index contributed by atoms with van der Waals surface area (Å²) in [5.41, 5.74) is 0. The molecule has 0 aromatic carbocycles. The third-order valence-electron chi connectivity index (χ3n) is 1.54. The smallest absolute Gasteiger partial charge is 0.157 e. The van der Waals surface area contributed by atoms with Crippen LogP contribution >= 0.6 is 0 Å². The van der Waals surface area contributed by atoms with Gasteiger partial charge < -0.3 is 24.8 Å². The minimum absolute atomic E-state index is 0.00921. The summed E-state index contributed by atoms with van der Waals surface area (Å²) in [4.78, 5) is 0. The summed E-state index contributed by atoms with van der Waals surface area (Å²) in [6.45, 7) is 6.71. The molecule has 2 unspecified atom stereocenters. The molecule has 0 saturated carbocycles. The number of aliphatic hydroxyl groups excluding tert-OH is 1. The molecule has 1 rings (SSSR count). The monoisotopic (exact) mass is 238 g/mol. The Hall–Kier alpha value is -0.200. The fraction of sp³-hybridized carbons (Fsp3) is 1.00. The molecule has 1 aliphatic heterocycles. The van der Waals surface area contributed by atoms with Gasteiger partial charge in [-0.1, -0.05) is 13.8 Å². The second-order valence-corrected chi connectivity index (χ2v) is 3.68. The minimum Gasteiger partial charge on any atom is -0.394 e. The van der Waals surface area contributed by atoms with Crippen LogP contribution in [0.3, 0.4) is 0 Å². The average molecular weight is 238 g/mol. The summed E-state index contributed by atoms with van der Waals surface area (Å²) in [6.07, 6.45) is 1.74. The molecule has 1 fully saturated rings. The van der Waals surface area contributed by atoms with Crippen molar-refractivity contribution in [2.75, 3.05) is 13.7 Å². The van der Waals surface area contributed by atoms with Crippen LogP contribution in [0.5, 0.6) is 0 Å². The first-order valence-electron chi connectivity index (χ1n) is 5.60. The third kappa shape index (κ3) is 13.8. The van der Waals surface area contributed by atoms with E-state index in [1.807, 2.05) is 13.8 Å². The zero-order chi connectivity index (χ0) is 13.2. The molecule has 0 aromatic heterocycles. The molecule has 1 heterocycles. The normalized spacial score (nSPS) is 24.0.